The van der Waals surface area contributed by atoms with Crippen LogP contribution in [0, 0.1) is 11.8 Å². The highest BCUT2D eigenvalue weighted by Gasteiger charge is 2.26. The quantitative estimate of drug-likeness (QED) is 0.861. The van der Waals surface area contributed by atoms with E-state index in [9.17, 15) is 9.59 Å². The third kappa shape index (κ3) is 3.53. The maximum Gasteiger partial charge on any atom is 0.307 e. The predicted octanol–water partition coefficient (Wildman–Crippen LogP) is 2.56. The lowest BCUT2D eigenvalue weighted by molar-refractivity contribution is -0.145. The summed E-state index contributed by atoms with van der Waals surface area (Å²) in [7, 11) is 0. The summed E-state index contributed by atoms with van der Waals surface area (Å²) in [6, 6.07) is 0. The van der Waals surface area contributed by atoms with Gasteiger partial charge < -0.3 is 10.4 Å². The molecule has 1 amide bonds. The Labute approximate surface area is 110 Å². The Morgan fingerprint density at radius 3 is 2.33 bits per heavy atom. The number of aliphatic carboxylic acids is 1. The van der Waals surface area contributed by atoms with E-state index in [2.05, 4.69) is 10.3 Å². The molecule has 0 saturated heterocycles. The van der Waals surface area contributed by atoms with Crippen molar-refractivity contribution in [3.05, 3.63) is 11.1 Å². The maximum absolute atomic E-state index is 11.8. The second kappa shape index (κ2) is 5.95. The maximum atomic E-state index is 11.8. The lowest BCUT2D eigenvalue weighted by Crippen LogP contribution is -2.29. The van der Waals surface area contributed by atoms with Crippen LogP contribution in [0.3, 0.4) is 0 Å². The zero-order chi connectivity index (χ0) is 13.9. The van der Waals surface area contributed by atoms with Crippen LogP contribution in [0.5, 0.6) is 0 Å². The Hall–Kier alpha value is -1.43. The molecule has 100 valence electrons. The number of carbonyl (C=O) groups is 2. The monoisotopic (exact) mass is 270 g/mol. The Morgan fingerprint density at radius 1 is 1.28 bits per heavy atom. The van der Waals surface area contributed by atoms with E-state index in [0.717, 1.165) is 5.69 Å². The number of rotatable bonds is 5. The number of thiazole rings is 1. The topological polar surface area (TPSA) is 79.3 Å². The number of carbonyl (C=O) groups excluding carboxylic acids is 1. The largest absolute Gasteiger partial charge is 0.481 e. The van der Waals surface area contributed by atoms with Crippen molar-refractivity contribution in [2.24, 2.45) is 11.8 Å². The lowest BCUT2D eigenvalue weighted by atomic mass is 9.95. The third-order valence-electron chi connectivity index (χ3n) is 2.90. The molecule has 0 bridgehead atoms. The van der Waals surface area contributed by atoms with Gasteiger partial charge in [0.15, 0.2) is 5.13 Å². The molecule has 18 heavy (non-hydrogen) atoms. The van der Waals surface area contributed by atoms with Gasteiger partial charge in [0, 0.05) is 11.3 Å². The summed E-state index contributed by atoms with van der Waals surface area (Å²) < 4.78 is 0. The van der Waals surface area contributed by atoms with Gasteiger partial charge in [-0.2, -0.15) is 0 Å². The van der Waals surface area contributed by atoms with Gasteiger partial charge in [-0.15, -0.1) is 11.3 Å². The van der Waals surface area contributed by atoms with Crippen LogP contribution in [0.1, 0.15) is 39.3 Å². The van der Waals surface area contributed by atoms with Crippen molar-refractivity contribution in [3.63, 3.8) is 0 Å². The lowest BCUT2D eigenvalue weighted by Gasteiger charge is -2.14. The fraction of sp³-hybridized carbons (Fsp3) is 0.583. The number of carboxylic acid groups (broad SMARTS) is 1. The molecule has 0 fully saturated rings. The molecule has 1 aromatic heterocycles. The molecule has 0 aromatic carbocycles. The van der Waals surface area contributed by atoms with Crippen LogP contribution in [0.2, 0.25) is 0 Å². The molecular formula is C12H18N2O3S. The minimum absolute atomic E-state index is 0.308. The molecule has 0 saturated carbocycles. The number of anilines is 1. The van der Waals surface area contributed by atoms with Gasteiger partial charge >= 0.3 is 5.97 Å². The summed E-state index contributed by atoms with van der Waals surface area (Å²) in [6.07, 6.45) is 0. The summed E-state index contributed by atoms with van der Waals surface area (Å²) in [4.78, 5) is 26.9. The van der Waals surface area contributed by atoms with Crippen LogP contribution < -0.4 is 5.32 Å². The molecule has 0 aliphatic heterocycles. The minimum Gasteiger partial charge on any atom is -0.481 e. The summed E-state index contributed by atoms with van der Waals surface area (Å²) in [5, 5.41) is 13.9. The smallest absolute Gasteiger partial charge is 0.307 e. The highest BCUT2D eigenvalue weighted by Crippen LogP contribution is 2.22. The Morgan fingerprint density at radius 2 is 1.89 bits per heavy atom. The number of nitrogens with one attached hydrogen (secondary N) is 1. The van der Waals surface area contributed by atoms with Crippen molar-refractivity contribution in [1.29, 1.82) is 0 Å². The second-order valence-corrected chi connectivity index (χ2v) is 5.50. The molecule has 2 atom stereocenters. The van der Waals surface area contributed by atoms with Gasteiger partial charge in [0.1, 0.15) is 0 Å². The first-order chi connectivity index (χ1) is 8.32. The molecule has 6 heteroatoms. The molecule has 5 nitrogen and oxygen atoms in total. The van der Waals surface area contributed by atoms with Crippen molar-refractivity contribution in [2.45, 2.75) is 33.6 Å². The van der Waals surface area contributed by atoms with E-state index in [1.165, 1.54) is 18.3 Å². The zero-order valence-corrected chi connectivity index (χ0v) is 11.7. The molecule has 0 aliphatic rings. The first-order valence-electron chi connectivity index (χ1n) is 5.82. The van der Waals surface area contributed by atoms with Gasteiger partial charge in [-0.05, 0) is 5.92 Å². The predicted molar refractivity (Wildman–Crippen MR) is 70.8 cm³/mol. The van der Waals surface area contributed by atoms with Crippen LogP contribution in [-0.4, -0.2) is 22.0 Å². The number of amides is 1. The molecule has 1 heterocycles. The fourth-order valence-corrected chi connectivity index (χ4v) is 2.14. The molecule has 1 aromatic rings. The van der Waals surface area contributed by atoms with Crippen LogP contribution >= 0.6 is 11.3 Å². The van der Waals surface area contributed by atoms with Gasteiger partial charge in [-0.3, -0.25) is 9.59 Å². The van der Waals surface area contributed by atoms with Gasteiger partial charge in [0.25, 0.3) is 0 Å². The first kappa shape index (κ1) is 14.6. The van der Waals surface area contributed by atoms with Crippen molar-refractivity contribution in [2.75, 3.05) is 5.32 Å². The standard InChI is InChI=1S/C12H18N2O3S/c1-6(2)9-5-18-12(13-9)14-10(15)7(3)8(4)11(16)17/h5-8H,1-4H3,(H,16,17)(H,13,14,15). The number of aromatic nitrogens is 1. The Kier molecular flexibility index (Phi) is 4.84. The molecule has 0 spiro atoms. The number of hydrogen-bond donors (Lipinski definition) is 2. The van der Waals surface area contributed by atoms with Crippen LogP contribution in [0.4, 0.5) is 5.13 Å². The summed E-state index contributed by atoms with van der Waals surface area (Å²) in [5.41, 5.74) is 0.925. The normalized spacial score (nSPS) is 14.3. The molecule has 1 rings (SSSR count). The van der Waals surface area contributed by atoms with Gasteiger partial charge in [0.2, 0.25) is 5.91 Å². The summed E-state index contributed by atoms with van der Waals surface area (Å²) in [5.74, 6) is -2.28. The highest BCUT2D eigenvalue weighted by atomic mass is 32.1. The number of nitrogens with zero attached hydrogens (tertiary/aromatic N) is 1. The van der Waals surface area contributed by atoms with E-state index >= 15 is 0 Å². The fourth-order valence-electron chi connectivity index (χ4n) is 1.27. The summed E-state index contributed by atoms with van der Waals surface area (Å²) in [6.45, 7) is 7.17. The van der Waals surface area contributed by atoms with Crippen LogP contribution in [0.15, 0.2) is 5.38 Å². The van der Waals surface area contributed by atoms with Crippen molar-refractivity contribution in [3.8, 4) is 0 Å². The van der Waals surface area contributed by atoms with E-state index in [4.69, 9.17) is 5.11 Å². The van der Waals surface area contributed by atoms with E-state index in [-0.39, 0.29) is 5.91 Å². The molecule has 2 N–H and O–H groups in total. The van der Waals surface area contributed by atoms with Crippen LogP contribution in [0.25, 0.3) is 0 Å². The van der Waals surface area contributed by atoms with Gasteiger partial charge in [-0.25, -0.2) is 4.98 Å². The third-order valence-corrected chi connectivity index (χ3v) is 3.67. The van der Waals surface area contributed by atoms with E-state index in [1.807, 2.05) is 19.2 Å². The van der Waals surface area contributed by atoms with Crippen LogP contribution in [-0.2, 0) is 9.59 Å². The number of hydrogen-bond acceptors (Lipinski definition) is 4. The minimum atomic E-state index is -0.973. The zero-order valence-electron chi connectivity index (χ0n) is 10.9. The van der Waals surface area contributed by atoms with Crippen molar-refractivity contribution >= 4 is 28.3 Å². The van der Waals surface area contributed by atoms with E-state index < -0.39 is 17.8 Å². The summed E-state index contributed by atoms with van der Waals surface area (Å²) >= 11 is 1.35. The van der Waals surface area contributed by atoms with E-state index in [0.29, 0.717) is 11.0 Å². The molecule has 2 unspecified atom stereocenters. The highest BCUT2D eigenvalue weighted by molar-refractivity contribution is 7.13. The molecule has 0 aliphatic carbocycles. The molecule has 0 radical (unpaired) electrons. The van der Waals surface area contributed by atoms with E-state index in [1.54, 1.807) is 6.92 Å². The van der Waals surface area contributed by atoms with Crippen molar-refractivity contribution < 1.29 is 14.7 Å². The first-order valence-corrected chi connectivity index (χ1v) is 6.70. The number of carboxylic acids is 1. The SMILES string of the molecule is CC(C)c1csc(NC(=O)C(C)C(C)C(=O)O)n1. The van der Waals surface area contributed by atoms with Gasteiger partial charge in [-0.1, -0.05) is 27.7 Å². The van der Waals surface area contributed by atoms with Crippen molar-refractivity contribution in [1.82, 2.24) is 4.98 Å². The second-order valence-electron chi connectivity index (χ2n) is 4.64. The average Bonchev–Trinajstić information content (AvgIpc) is 2.75. The Bertz CT molecular complexity index is 442. The van der Waals surface area contributed by atoms with Gasteiger partial charge in [0.05, 0.1) is 11.6 Å². The Balaban J connectivity index is 2.66. The average molecular weight is 270 g/mol. The molecular weight excluding hydrogens is 252 g/mol.